The molecule has 2 heterocycles. The van der Waals surface area contributed by atoms with Gasteiger partial charge in [0, 0.05) is 36.6 Å². The molecule has 1 aromatic heterocycles. The van der Waals surface area contributed by atoms with E-state index in [-0.39, 0.29) is 0 Å². The Morgan fingerprint density at radius 3 is 2.70 bits per heavy atom. The van der Waals surface area contributed by atoms with Crippen molar-refractivity contribution in [3.05, 3.63) is 20.8 Å². The van der Waals surface area contributed by atoms with Crippen molar-refractivity contribution in [2.45, 2.75) is 52.7 Å². The fraction of sp³-hybridized carbons (Fsp3) is 0.750. The lowest BCUT2D eigenvalue weighted by atomic mass is 9.92. The first-order valence-electron chi connectivity index (χ1n) is 7.72. The van der Waals surface area contributed by atoms with Crippen LogP contribution in [-0.4, -0.2) is 30.1 Å². The highest BCUT2D eigenvalue weighted by atomic mass is 79.9. The molecule has 1 aromatic rings. The fourth-order valence-electron chi connectivity index (χ4n) is 3.00. The molecule has 1 saturated heterocycles. The summed E-state index contributed by atoms with van der Waals surface area (Å²) in [6.45, 7) is 12.7. The smallest absolute Gasteiger partial charge is 0.0701 e. The maximum atomic E-state index is 3.77. The lowest BCUT2D eigenvalue weighted by Gasteiger charge is -2.44. The van der Waals surface area contributed by atoms with Crippen LogP contribution in [0, 0.1) is 11.8 Å². The largest absolute Gasteiger partial charge is 0.311 e. The van der Waals surface area contributed by atoms with Crippen molar-refractivity contribution >= 4 is 27.3 Å². The van der Waals surface area contributed by atoms with Gasteiger partial charge in [-0.25, -0.2) is 0 Å². The Hall–Kier alpha value is 0.1000. The Morgan fingerprint density at radius 2 is 2.15 bits per heavy atom. The van der Waals surface area contributed by atoms with Crippen LogP contribution in [0.5, 0.6) is 0 Å². The third-order valence-corrected chi connectivity index (χ3v) is 6.19. The number of hydrogen-bond acceptors (Lipinski definition) is 3. The van der Waals surface area contributed by atoms with E-state index in [1.165, 1.54) is 21.6 Å². The minimum absolute atomic E-state index is 0.637. The van der Waals surface area contributed by atoms with E-state index in [4.69, 9.17) is 0 Å². The summed E-state index contributed by atoms with van der Waals surface area (Å²) in [6, 6.07) is 5.71. The van der Waals surface area contributed by atoms with E-state index in [9.17, 15) is 0 Å². The first-order valence-corrected chi connectivity index (χ1v) is 9.33. The molecule has 0 saturated carbocycles. The van der Waals surface area contributed by atoms with E-state index in [2.05, 4.69) is 66.0 Å². The quantitative estimate of drug-likeness (QED) is 0.841. The summed E-state index contributed by atoms with van der Waals surface area (Å²) >= 11 is 5.44. The number of piperazine rings is 1. The lowest BCUT2D eigenvalue weighted by molar-refractivity contribution is 0.0762. The van der Waals surface area contributed by atoms with Gasteiger partial charge in [-0.3, -0.25) is 4.90 Å². The van der Waals surface area contributed by atoms with Crippen LogP contribution in [-0.2, 0) is 6.54 Å². The Balaban J connectivity index is 2.06. The van der Waals surface area contributed by atoms with Gasteiger partial charge in [0.05, 0.1) is 3.79 Å². The molecule has 3 atom stereocenters. The highest BCUT2D eigenvalue weighted by Gasteiger charge is 2.31. The van der Waals surface area contributed by atoms with Gasteiger partial charge in [-0.15, -0.1) is 11.3 Å². The summed E-state index contributed by atoms with van der Waals surface area (Å²) in [6.07, 6.45) is 1.25. The van der Waals surface area contributed by atoms with E-state index in [0.29, 0.717) is 18.0 Å². The minimum Gasteiger partial charge on any atom is -0.311 e. The Labute approximate surface area is 136 Å². The highest BCUT2D eigenvalue weighted by Crippen LogP contribution is 2.27. The monoisotopic (exact) mass is 358 g/mol. The maximum Gasteiger partial charge on any atom is 0.0701 e. The molecule has 3 unspecified atom stereocenters. The van der Waals surface area contributed by atoms with Crippen LogP contribution < -0.4 is 5.32 Å². The number of nitrogens with zero attached hydrogens (tertiary/aromatic N) is 1. The molecule has 1 N–H and O–H groups in total. The van der Waals surface area contributed by atoms with E-state index >= 15 is 0 Å². The Bertz CT molecular complexity index is 418. The second-order valence-electron chi connectivity index (χ2n) is 6.35. The molecule has 2 rings (SSSR count). The number of nitrogens with one attached hydrogen (secondary N) is 1. The van der Waals surface area contributed by atoms with Gasteiger partial charge in [0.2, 0.25) is 0 Å². The maximum absolute atomic E-state index is 3.77. The van der Waals surface area contributed by atoms with Crippen LogP contribution in [0.1, 0.15) is 39.0 Å². The van der Waals surface area contributed by atoms with Crippen molar-refractivity contribution in [3.8, 4) is 0 Å². The van der Waals surface area contributed by atoms with Crippen LogP contribution in [0.4, 0.5) is 0 Å². The molecule has 1 fully saturated rings. The lowest BCUT2D eigenvalue weighted by Crippen LogP contribution is -2.59. The first-order chi connectivity index (χ1) is 9.51. The Morgan fingerprint density at radius 1 is 1.40 bits per heavy atom. The summed E-state index contributed by atoms with van der Waals surface area (Å²) < 4.78 is 1.24. The number of hydrogen-bond donors (Lipinski definition) is 1. The van der Waals surface area contributed by atoms with Crippen LogP contribution >= 0.6 is 27.3 Å². The fourth-order valence-corrected chi connectivity index (χ4v) is 4.50. The van der Waals surface area contributed by atoms with Gasteiger partial charge < -0.3 is 5.32 Å². The number of halogens is 1. The van der Waals surface area contributed by atoms with Crippen molar-refractivity contribution in [1.82, 2.24) is 10.2 Å². The molecule has 20 heavy (non-hydrogen) atoms. The summed E-state index contributed by atoms with van der Waals surface area (Å²) in [7, 11) is 0. The van der Waals surface area contributed by atoms with E-state index < -0.39 is 0 Å². The van der Waals surface area contributed by atoms with E-state index in [0.717, 1.165) is 19.0 Å². The summed E-state index contributed by atoms with van der Waals surface area (Å²) in [5.41, 5.74) is 0. The number of rotatable bonds is 5. The first kappa shape index (κ1) is 16.5. The Kier molecular flexibility index (Phi) is 6.09. The molecule has 0 spiro atoms. The summed E-state index contributed by atoms with van der Waals surface area (Å²) in [4.78, 5) is 4.16. The highest BCUT2D eigenvalue weighted by molar-refractivity contribution is 9.11. The van der Waals surface area contributed by atoms with E-state index in [1.807, 2.05) is 11.3 Å². The van der Waals surface area contributed by atoms with Gasteiger partial charge in [-0.2, -0.15) is 0 Å². The van der Waals surface area contributed by atoms with Crippen molar-refractivity contribution < 1.29 is 0 Å². The molecular weight excluding hydrogens is 332 g/mol. The zero-order chi connectivity index (χ0) is 14.7. The van der Waals surface area contributed by atoms with Crippen LogP contribution in [0.2, 0.25) is 0 Å². The van der Waals surface area contributed by atoms with Crippen LogP contribution in [0.25, 0.3) is 0 Å². The average molecular weight is 359 g/mol. The predicted molar refractivity (Wildman–Crippen MR) is 92.3 cm³/mol. The van der Waals surface area contributed by atoms with Gasteiger partial charge >= 0.3 is 0 Å². The molecular formula is C16H27BrN2S. The zero-order valence-corrected chi connectivity index (χ0v) is 15.4. The molecule has 2 nitrogen and oxygen atoms in total. The van der Waals surface area contributed by atoms with Crippen molar-refractivity contribution in [2.75, 3.05) is 13.1 Å². The standard InChI is InChI=1S/C16H27BrN2S/c1-5-12(4)14-10-19(15(8-18-14)11(2)3)9-13-6-7-16(17)20-13/h6-7,11-12,14-15,18H,5,8-10H2,1-4H3. The molecule has 1 aliphatic rings. The molecule has 0 radical (unpaired) electrons. The topological polar surface area (TPSA) is 15.3 Å². The van der Waals surface area contributed by atoms with Gasteiger partial charge in [0.1, 0.15) is 0 Å². The molecule has 1 aliphatic heterocycles. The van der Waals surface area contributed by atoms with Crippen molar-refractivity contribution in [3.63, 3.8) is 0 Å². The third-order valence-electron chi connectivity index (χ3n) is 4.58. The van der Waals surface area contributed by atoms with Crippen LogP contribution in [0.15, 0.2) is 15.9 Å². The normalized spacial score (nSPS) is 26.1. The van der Waals surface area contributed by atoms with Crippen molar-refractivity contribution in [1.29, 1.82) is 0 Å². The predicted octanol–water partition coefficient (Wildman–Crippen LogP) is 4.36. The summed E-state index contributed by atoms with van der Waals surface area (Å²) in [5, 5.41) is 3.77. The van der Waals surface area contributed by atoms with Crippen molar-refractivity contribution in [2.24, 2.45) is 11.8 Å². The molecule has 0 amide bonds. The molecule has 0 bridgehead atoms. The molecule has 114 valence electrons. The molecule has 0 aromatic carbocycles. The second-order valence-corrected chi connectivity index (χ2v) is 8.89. The minimum atomic E-state index is 0.637. The average Bonchev–Trinajstić information content (AvgIpc) is 2.82. The van der Waals surface area contributed by atoms with E-state index in [1.54, 1.807) is 0 Å². The zero-order valence-electron chi connectivity index (χ0n) is 13.0. The van der Waals surface area contributed by atoms with Gasteiger partial charge in [-0.1, -0.05) is 34.1 Å². The van der Waals surface area contributed by atoms with Gasteiger partial charge in [0.15, 0.2) is 0 Å². The molecule has 0 aliphatic carbocycles. The van der Waals surface area contributed by atoms with Gasteiger partial charge in [0.25, 0.3) is 0 Å². The number of thiophene rings is 1. The second kappa shape index (κ2) is 7.39. The van der Waals surface area contributed by atoms with Gasteiger partial charge in [-0.05, 0) is 39.9 Å². The SMILES string of the molecule is CCC(C)C1CN(Cc2ccc(Br)s2)C(C(C)C)CN1. The summed E-state index contributed by atoms with van der Waals surface area (Å²) in [5.74, 6) is 1.45. The molecule has 4 heteroatoms. The third kappa shape index (κ3) is 4.06. The van der Waals surface area contributed by atoms with Crippen LogP contribution in [0.3, 0.4) is 0 Å².